The lowest BCUT2D eigenvalue weighted by molar-refractivity contribution is 0.379. The molecule has 0 aliphatic rings. The highest BCUT2D eigenvalue weighted by atomic mass is 16.5. The zero-order valence-electron chi connectivity index (χ0n) is 9.60. The van der Waals surface area contributed by atoms with E-state index in [-0.39, 0.29) is 0 Å². The summed E-state index contributed by atoms with van der Waals surface area (Å²) in [6.45, 7) is 2.12. The monoisotopic (exact) mass is 235 g/mol. The smallest absolute Gasteiger partial charge is 0.245 e. The fraction of sp³-hybridized carbons (Fsp3) is 0.300. The number of nitrogen functional groups attached to an aromatic ring is 1. The summed E-state index contributed by atoms with van der Waals surface area (Å²) in [6, 6.07) is 3.41. The van der Waals surface area contributed by atoms with Gasteiger partial charge in [0.05, 0.1) is 19.3 Å². The van der Waals surface area contributed by atoms with Crippen LogP contribution >= 0.6 is 0 Å². The SMILES string of the molecule is COc1ccc(N)c(NCc2nc(C)no2)n1. The Morgan fingerprint density at radius 3 is 2.88 bits per heavy atom. The fourth-order valence-corrected chi connectivity index (χ4v) is 1.28. The molecule has 0 aliphatic heterocycles. The highest BCUT2D eigenvalue weighted by Crippen LogP contribution is 2.19. The number of aromatic nitrogens is 3. The van der Waals surface area contributed by atoms with Crippen molar-refractivity contribution in [1.82, 2.24) is 15.1 Å². The zero-order valence-corrected chi connectivity index (χ0v) is 9.60. The number of rotatable bonds is 4. The Morgan fingerprint density at radius 2 is 2.24 bits per heavy atom. The Bertz CT molecular complexity index is 511. The van der Waals surface area contributed by atoms with E-state index in [1.54, 1.807) is 26.2 Å². The van der Waals surface area contributed by atoms with E-state index in [1.165, 1.54) is 0 Å². The number of aryl methyl sites for hydroxylation is 1. The second-order valence-electron chi connectivity index (χ2n) is 3.38. The molecule has 0 radical (unpaired) electrons. The Hall–Kier alpha value is -2.31. The Morgan fingerprint density at radius 1 is 1.41 bits per heavy atom. The predicted octanol–water partition coefficient (Wildman–Crippen LogP) is 0.976. The van der Waals surface area contributed by atoms with Gasteiger partial charge in [-0.3, -0.25) is 0 Å². The van der Waals surface area contributed by atoms with Gasteiger partial charge >= 0.3 is 0 Å². The van der Waals surface area contributed by atoms with Crippen LogP contribution in [0.4, 0.5) is 11.5 Å². The van der Waals surface area contributed by atoms with Gasteiger partial charge in [0.25, 0.3) is 0 Å². The molecular formula is C10H13N5O2. The number of ether oxygens (including phenoxy) is 1. The quantitative estimate of drug-likeness (QED) is 0.814. The van der Waals surface area contributed by atoms with Crippen LogP contribution in [0, 0.1) is 6.92 Å². The molecule has 0 aliphatic carbocycles. The number of pyridine rings is 1. The van der Waals surface area contributed by atoms with Crippen molar-refractivity contribution in [3.63, 3.8) is 0 Å². The first kappa shape index (κ1) is 11.2. The summed E-state index contributed by atoms with van der Waals surface area (Å²) in [4.78, 5) is 8.22. The summed E-state index contributed by atoms with van der Waals surface area (Å²) < 4.78 is 9.97. The molecule has 0 saturated carbocycles. The Labute approximate surface area is 98.0 Å². The summed E-state index contributed by atoms with van der Waals surface area (Å²) in [6.07, 6.45) is 0. The van der Waals surface area contributed by atoms with Crippen LogP contribution in [-0.2, 0) is 6.54 Å². The van der Waals surface area contributed by atoms with Crippen LogP contribution in [-0.4, -0.2) is 22.2 Å². The predicted molar refractivity (Wildman–Crippen MR) is 61.6 cm³/mol. The first-order valence-electron chi connectivity index (χ1n) is 5.02. The summed E-state index contributed by atoms with van der Waals surface area (Å²) in [5, 5.41) is 6.69. The number of hydrogen-bond donors (Lipinski definition) is 2. The molecule has 3 N–H and O–H groups in total. The molecule has 0 aromatic carbocycles. The van der Waals surface area contributed by atoms with Crippen LogP contribution in [0.3, 0.4) is 0 Å². The highest BCUT2D eigenvalue weighted by molar-refractivity contribution is 5.61. The van der Waals surface area contributed by atoms with E-state index in [0.717, 1.165) is 0 Å². The number of anilines is 2. The lowest BCUT2D eigenvalue weighted by Gasteiger charge is -2.07. The molecule has 0 bridgehead atoms. The molecule has 0 amide bonds. The fourth-order valence-electron chi connectivity index (χ4n) is 1.28. The second-order valence-corrected chi connectivity index (χ2v) is 3.38. The van der Waals surface area contributed by atoms with Crippen molar-refractivity contribution in [2.75, 3.05) is 18.2 Å². The van der Waals surface area contributed by atoms with Crippen molar-refractivity contribution < 1.29 is 9.26 Å². The second kappa shape index (κ2) is 4.69. The number of hydrogen-bond acceptors (Lipinski definition) is 7. The van der Waals surface area contributed by atoms with Crippen LogP contribution in [0.1, 0.15) is 11.7 Å². The Kier molecular flexibility index (Phi) is 3.08. The van der Waals surface area contributed by atoms with Gasteiger partial charge in [0, 0.05) is 6.07 Å². The largest absolute Gasteiger partial charge is 0.481 e. The van der Waals surface area contributed by atoms with Crippen molar-refractivity contribution in [3.8, 4) is 5.88 Å². The van der Waals surface area contributed by atoms with Gasteiger partial charge in [0.1, 0.15) is 0 Å². The van der Waals surface area contributed by atoms with Crippen molar-refractivity contribution in [3.05, 3.63) is 23.8 Å². The molecule has 2 aromatic rings. The van der Waals surface area contributed by atoms with E-state index >= 15 is 0 Å². The van der Waals surface area contributed by atoms with Gasteiger partial charge < -0.3 is 20.3 Å². The molecule has 2 aromatic heterocycles. The van der Waals surface area contributed by atoms with Crippen molar-refractivity contribution in [1.29, 1.82) is 0 Å². The summed E-state index contributed by atoms with van der Waals surface area (Å²) >= 11 is 0. The number of nitrogens with one attached hydrogen (secondary N) is 1. The maximum Gasteiger partial charge on any atom is 0.245 e. The van der Waals surface area contributed by atoms with E-state index in [0.29, 0.717) is 35.6 Å². The van der Waals surface area contributed by atoms with E-state index in [1.807, 2.05) is 0 Å². The average molecular weight is 235 g/mol. The number of nitrogens with zero attached hydrogens (tertiary/aromatic N) is 3. The topological polar surface area (TPSA) is 99.1 Å². The van der Waals surface area contributed by atoms with Gasteiger partial charge in [-0.2, -0.15) is 9.97 Å². The first-order chi connectivity index (χ1) is 8.19. The van der Waals surface area contributed by atoms with Crippen LogP contribution in [0.25, 0.3) is 0 Å². The summed E-state index contributed by atoms with van der Waals surface area (Å²) in [5.74, 6) is 2.09. The van der Waals surface area contributed by atoms with Gasteiger partial charge in [-0.1, -0.05) is 5.16 Å². The molecular weight excluding hydrogens is 222 g/mol. The molecule has 0 saturated heterocycles. The van der Waals surface area contributed by atoms with E-state index < -0.39 is 0 Å². The molecule has 0 fully saturated rings. The molecule has 7 nitrogen and oxygen atoms in total. The standard InChI is InChI=1S/C10H13N5O2/c1-6-13-9(17-15-6)5-12-10-7(11)3-4-8(14-10)16-2/h3-4H,5,11H2,1-2H3,(H,12,14). The molecule has 2 heterocycles. The minimum absolute atomic E-state index is 0.366. The number of nitrogens with two attached hydrogens (primary N) is 1. The highest BCUT2D eigenvalue weighted by Gasteiger charge is 2.06. The van der Waals surface area contributed by atoms with Crippen LogP contribution in [0.2, 0.25) is 0 Å². The lowest BCUT2D eigenvalue weighted by atomic mass is 10.4. The third kappa shape index (κ3) is 2.63. The molecule has 7 heteroatoms. The molecule has 0 atom stereocenters. The third-order valence-corrected chi connectivity index (χ3v) is 2.09. The summed E-state index contributed by atoms with van der Waals surface area (Å²) in [5.41, 5.74) is 6.30. The van der Waals surface area contributed by atoms with E-state index in [9.17, 15) is 0 Å². The Balaban J connectivity index is 2.07. The maximum atomic E-state index is 5.77. The molecule has 2 rings (SSSR count). The lowest BCUT2D eigenvalue weighted by Crippen LogP contribution is -2.05. The van der Waals surface area contributed by atoms with Crippen LogP contribution in [0.15, 0.2) is 16.7 Å². The van der Waals surface area contributed by atoms with Gasteiger partial charge in [-0.25, -0.2) is 0 Å². The van der Waals surface area contributed by atoms with E-state index in [4.69, 9.17) is 15.0 Å². The van der Waals surface area contributed by atoms with Gasteiger partial charge in [-0.15, -0.1) is 0 Å². The number of methoxy groups -OCH3 is 1. The van der Waals surface area contributed by atoms with Crippen molar-refractivity contribution in [2.45, 2.75) is 13.5 Å². The normalized spacial score (nSPS) is 10.2. The molecule has 17 heavy (non-hydrogen) atoms. The average Bonchev–Trinajstić information content (AvgIpc) is 2.74. The van der Waals surface area contributed by atoms with Crippen LogP contribution < -0.4 is 15.8 Å². The minimum Gasteiger partial charge on any atom is -0.481 e. The van der Waals surface area contributed by atoms with Crippen LogP contribution in [0.5, 0.6) is 5.88 Å². The third-order valence-electron chi connectivity index (χ3n) is 2.09. The van der Waals surface area contributed by atoms with Gasteiger partial charge in [0.15, 0.2) is 11.6 Å². The van der Waals surface area contributed by atoms with Crippen molar-refractivity contribution >= 4 is 11.5 Å². The first-order valence-corrected chi connectivity index (χ1v) is 5.02. The zero-order chi connectivity index (χ0) is 12.3. The van der Waals surface area contributed by atoms with Crippen molar-refractivity contribution in [2.24, 2.45) is 0 Å². The molecule has 0 spiro atoms. The molecule has 0 unspecified atom stereocenters. The maximum absolute atomic E-state index is 5.77. The molecule has 90 valence electrons. The van der Waals surface area contributed by atoms with E-state index in [2.05, 4.69) is 20.4 Å². The summed E-state index contributed by atoms with van der Waals surface area (Å²) in [7, 11) is 1.55. The van der Waals surface area contributed by atoms with Gasteiger partial charge in [-0.05, 0) is 13.0 Å². The minimum atomic E-state index is 0.366. The van der Waals surface area contributed by atoms with Gasteiger partial charge in [0.2, 0.25) is 11.8 Å².